The Balaban J connectivity index is 0.00000150. The van der Waals surface area contributed by atoms with Crippen LogP contribution in [0, 0.1) is 45.3 Å². The zero-order chi connectivity index (χ0) is 56.0. The number of carbonyl (C=O) groups excluding carboxylic acids is 3. The van der Waals surface area contributed by atoms with Crippen LogP contribution in [0.1, 0.15) is 143 Å². The van der Waals surface area contributed by atoms with E-state index in [-0.39, 0.29) is 114 Å². The van der Waals surface area contributed by atoms with E-state index in [4.69, 9.17) is 36.6 Å². The van der Waals surface area contributed by atoms with Crippen molar-refractivity contribution in [1.82, 2.24) is 14.6 Å². The number of morpholine rings is 1. The Kier molecular flexibility index (Phi) is 23.1. The minimum atomic E-state index is -1.77. The Hall–Kier alpha value is -6.04. The normalized spacial score (nSPS) is 18.0. The van der Waals surface area contributed by atoms with E-state index in [1.807, 2.05) is 0 Å². The predicted octanol–water partition coefficient (Wildman–Crippen LogP) is 14.1. The topological polar surface area (TPSA) is 237 Å². The number of halogens is 1. The Morgan fingerprint density at radius 1 is 0.949 bits per heavy atom. The van der Waals surface area contributed by atoms with E-state index in [0.717, 1.165) is 75.8 Å². The number of azo groups is 1. The van der Waals surface area contributed by atoms with Crippen LogP contribution >= 0.6 is 11.6 Å². The van der Waals surface area contributed by atoms with Gasteiger partial charge in [-0.25, -0.2) is 18.6 Å². The molecule has 3 unspecified atom stereocenters. The molecule has 78 heavy (non-hydrogen) atoms. The molecule has 19 nitrogen and oxygen atoms in total. The molecule has 2 aromatic heterocycles. The summed E-state index contributed by atoms with van der Waals surface area (Å²) >= 11 is 4.38. The van der Waals surface area contributed by atoms with E-state index >= 15 is 0 Å². The van der Waals surface area contributed by atoms with Crippen LogP contribution in [-0.2, 0) is 48.3 Å². The SMILES string of the molecule is C1COCC[N-]1.[C-]#[N+]c1c(C(=O)OC2C(C(C)(C)C)CC(C)CC2C(C)(C)C)c2nc(-c3ccc(Cl)c([N+](=O)[O-])c3)[n-]n2c1N=Nc1ccc(OS(C)=O)cc1C(=O)[N-]Cc1ccccc1C(=O)OCCCCCCCC.[Ni+3]. The maximum Gasteiger partial charge on any atom is 3.00 e. The van der Waals surface area contributed by atoms with Crippen LogP contribution in [0.3, 0.4) is 0 Å². The van der Waals surface area contributed by atoms with Crippen LogP contribution in [-0.4, -0.2) is 81.7 Å². The number of hydrogen-bond acceptors (Lipinski definition) is 13. The van der Waals surface area contributed by atoms with E-state index in [0.29, 0.717) is 11.5 Å². The molecule has 2 aliphatic rings. The van der Waals surface area contributed by atoms with Crippen molar-refractivity contribution in [1.29, 1.82) is 0 Å². The van der Waals surface area contributed by atoms with E-state index in [1.165, 1.54) is 49.1 Å². The summed E-state index contributed by atoms with van der Waals surface area (Å²) in [4.78, 5) is 61.7. The molecule has 3 aromatic carbocycles. The van der Waals surface area contributed by atoms with Crippen molar-refractivity contribution >= 4 is 69.1 Å². The number of unbranched alkanes of at least 4 members (excludes halogenated alkanes) is 5. The van der Waals surface area contributed by atoms with E-state index in [9.17, 15) is 28.7 Å². The van der Waals surface area contributed by atoms with Gasteiger partial charge < -0.3 is 48.4 Å². The molecule has 1 radical (unpaired) electrons. The number of ether oxygens (including phenoxy) is 3. The number of nitrogens with zero attached hydrogens (tertiary/aromatic N) is 9. The fraction of sp³-hybridized carbons (Fsp3) is 0.518. The molecule has 7 rings (SSSR count). The van der Waals surface area contributed by atoms with Crippen molar-refractivity contribution in [3.63, 3.8) is 0 Å². The number of fused-ring (bicyclic) bond motifs is 1. The summed E-state index contributed by atoms with van der Waals surface area (Å²) in [5.41, 5.74) is -0.851. The third kappa shape index (κ3) is 16.5. The summed E-state index contributed by atoms with van der Waals surface area (Å²) in [5, 5.41) is 33.5. The summed E-state index contributed by atoms with van der Waals surface area (Å²) < 4.78 is 35.8. The molecule has 1 saturated carbocycles. The third-order valence-electron chi connectivity index (χ3n) is 13.6. The van der Waals surface area contributed by atoms with Crippen LogP contribution in [0.5, 0.6) is 5.75 Å². The van der Waals surface area contributed by atoms with Crippen LogP contribution in [0.25, 0.3) is 32.5 Å². The molecular formula is C56H69ClN9NiO10S. The zero-order valence-electron chi connectivity index (χ0n) is 45.7. The quantitative estimate of drug-likeness (QED) is 0.0143. The van der Waals surface area contributed by atoms with Crippen LogP contribution < -0.4 is 9.28 Å². The van der Waals surface area contributed by atoms with Gasteiger partial charge in [0, 0.05) is 48.6 Å². The first-order valence-electron chi connectivity index (χ1n) is 26.0. The molecule has 0 bridgehead atoms. The number of esters is 2. The second-order valence-electron chi connectivity index (χ2n) is 21.5. The zero-order valence-corrected chi connectivity index (χ0v) is 48.3. The molecule has 1 amide bonds. The summed E-state index contributed by atoms with van der Waals surface area (Å²) in [7, 11) is 0. The summed E-state index contributed by atoms with van der Waals surface area (Å²) in [6, 6.07) is 14.8. The standard InChI is InChI=1S/C52H63ClN8O9S.C4H8NO.Ni/c1-11-12-13-14-15-18-25-68-49(63)35-20-17-16-19-33(35)30-55-48(62)36-29-34(70-71(10)67)22-24-40(36)57-58-47-43(54-9)42(46-56-45(59-60(46)47)32-21-23-39(53)41(28-32)61(65)66)50(64)69-44-37(51(3,4)5)26-31(2)27-38(44)52(6,7)8;1-3-6-4-2-5-1;/h16-17,19-24,28-29,31,37-38,44H,11-15,18,25-27,30H2,1-8,10H3,(H2,55,56,57,59,62,64);1-4H2;/q;-1;+3/p-2. The number of rotatable bonds is 19. The van der Waals surface area contributed by atoms with Crippen LogP contribution in [0.15, 0.2) is 70.9 Å². The second-order valence-corrected chi connectivity index (χ2v) is 22.9. The largest absolute Gasteiger partial charge is 3.00 e. The number of nitro benzene ring substituents is 1. The van der Waals surface area contributed by atoms with Crippen molar-refractivity contribution in [3.05, 3.63) is 120 Å². The maximum atomic E-state index is 14.8. The van der Waals surface area contributed by atoms with E-state index in [1.54, 1.807) is 24.3 Å². The van der Waals surface area contributed by atoms with Crippen molar-refractivity contribution in [2.75, 3.05) is 39.2 Å². The smallest absolute Gasteiger partial charge is 0.659 e. The average Bonchev–Trinajstić information content (AvgIpc) is 3.96. The first kappa shape index (κ1) is 62.8. The summed E-state index contributed by atoms with van der Waals surface area (Å²) in [5.74, 6) is -2.12. The van der Waals surface area contributed by atoms with Gasteiger partial charge in [0.1, 0.15) is 16.9 Å². The molecule has 22 heteroatoms. The van der Waals surface area contributed by atoms with Crippen molar-refractivity contribution in [2.24, 2.45) is 38.8 Å². The first-order valence-corrected chi connectivity index (χ1v) is 27.9. The molecule has 1 aliphatic carbocycles. The molecule has 1 saturated heterocycles. The van der Waals surface area contributed by atoms with Gasteiger partial charge in [-0.2, -0.15) is 0 Å². The summed E-state index contributed by atoms with van der Waals surface area (Å²) in [6.07, 6.45) is 8.58. The Morgan fingerprint density at radius 3 is 2.22 bits per heavy atom. The van der Waals surface area contributed by atoms with Gasteiger partial charge in [-0.1, -0.05) is 129 Å². The van der Waals surface area contributed by atoms with Gasteiger partial charge in [-0.3, -0.25) is 10.1 Å². The van der Waals surface area contributed by atoms with Crippen molar-refractivity contribution < 1.29 is 58.4 Å². The summed E-state index contributed by atoms with van der Waals surface area (Å²) in [6.45, 7) is 29.0. The molecule has 1 aliphatic heterocycles. The number of amides is 1. The molecule has 3 atom stereocenters. The Labute approximate surface area is 474 Å². The fourth-order valence-electron chi connectivity index (χ4n) is 9.55. The van der Waals surface area contributed by atoms with Gasteiger partial charge in [0.2, 0.25) is 16.8 Å². The minimum Gasteiger partial charge on any atom is -0.659 e. The fourth-order valence-corrected chi connectivity index (χ4v) is 10.1. The number of hydrogen-bond donors (Lipinski definition) is 0. The van der Waals surface area contributed by atoms with Crippen LogP contribution in [0.4, 0.5) is 22.9 Å². The molecule has 5 aromatic rings. The van der Waals surface area contributed by atoms with Gasteiger partial charge in [-0.15, -0.1) is 29.9 Å². The molecule has 421 valence electrons. The van der Waals surface area contributed by atoms with Crippen molar-refractivity contribution in [2.45, 2.75) is 119 Å². The molecule has 0 N–H and O–H groups in total. The molecule has 3 heterocycles. The minimum absolute atomic E-state index is 0. The van der Waals surface area contributed by atoms with E-state index < -0.39 is 45.6 Å². The first-order chi connectivity index (χ1) is 36.6. The number of benzene rings is 3. The van der Waals surface area contributed by atoms with Gasteiger partial charge >= 0.3 is 28.4 Å². The third-order valence-corrected chi connectivity index (χ3v) is 14.3. The van der Waals surface area contributed by atoms with Gasteiger partial charge in [0.05, 0.1) is 40.8 Å². The Bertz CT molecular complexity index is 2960. The van der Waals surface area contributed by atoms with Crippen LogP contribution in [0.2, 0.25) is 5.02 Å². The van der Waals surface area contributed by atoms with Crippen molar-refractivity contribution in [3.8, 4) is 17.1 Å². The number of aromatic nitrogens is 3. The monoisotopic (exact) mass is 1150 g/mol. The maximum absolute atomic E-state index is 14.8. The predicted molar refractivity (Wildman–Crippen MR) is 296 cm³/mol. The molecule has 2 fully saturated rings. The number of nitro groups is 1. The molecule has 0 spiro atoms. The van der Waals surface area contributed by atoms with Gasteiger partial charge in [-0.05, 0) is 77.7 Å². The van der Waals surface area contributed by atoms with Gasteiger partial charge in [0.15, 0.2) is 5.82 Å². The average molecular weight is 1150 g/mol. The second kappa shape index (κ2) is 28.7. The Morgan fingerprint density at radius 2 is 1.62 bits per heavy atom. The van der Waals surface area contributed by atoms with E-state index in [2.05, 4.69) is 91.2 Å². The number of carbonyl (C=O) groups is 3. The van der Waals surface area contributed by atoms with Gasteiger partial charge in [0.25, 0.3) is 5.69 Å². The molecular weight excluding hydrogens is 1080 g/mol.